The lowest BCUT2D eigenvalue weighted by atomic mass is 9.94. The lowest BCUT2D eigenvalue weighted by Crippen LogP contribution is -2.15. The molecule has 4 rings (SSSR count). The number of benzene rings is 2. The molecule has 8 nitrogen and oxygen atoms in total. The zero-order valence-corrected chi connectivity index (χ0v) is 18.6. The maximum atomic E-state index is 15.4. The molecule has 2 N–H and O–H groups in total. The Morgan fingerprint density at radius 3 is 2.59 bits per heavy atom. The first kappa shape index (κ1) is 21.7. The van der Waals surface area contributed by atoms with Crippen LogP contribution in [0.1, 0.15) is 11.1 Å². The molecule has 2 aromatic heterocycles. The minimum atomic E-state index is -3.86. The van der Waals surface area contributed by atoms with Crippen molar-refractivity contribution in [2.45, 2.75) is 18.2 Å². The number of sulfone groups is 1. The molecular weight excluding hydrogens is 433 g/mol. The van der Waals surface area contributed by atoms with E-state index in [1.807, 2.05) is 30.3 Å². The van der Waals surface area contributed by atoms with Crippen molar-refractivity contribution in [3.05, 3.63) is 59.9 Å². The molecule has 2 aromatic carbocycles. The minimum absolute atomic E-state index is 0.183. The normalized spacial score (nSPS) is 11.6. The number of aromatic amines is 1. The molecule has 2 heterocycles. The van der Waals surface area contributed by atoms with E-state index in [9.17, 15) is 8.42 Å². The van der Waals surface area contributed by atoms with Crippen LogP contribution in [0.25, 0.3) is 22.3 Å². The molecule has 4 aromatic rings. The van der Waals surface area contributed by atoms with Gasteiger partial charge in [0.05, 0.1) is 13.4 Å². The number of methoxy groups -OCH3 is 1. The van der Waals surface area contributed by atoms with E-state index < -0.39 is 15.7 Å². The van der Waals surface area contributed by atoms with Crippen molar-refractivity contribution < 1.29 is 17.5 Å². The predicted molar refractivity (Wildman–Crippen MR) is 120 cm³/mol. The summed E-state index contributed by atoms with van der Waals surface area (Å²) in [4.78, 5) is 15.0. The fraction of sp³-hybridized carbons (Fsp3) is 0.227. The van der Waals surface area contributed by atoms with Gasteiger partial charge in [0.2, 0.25) is 0 Å². The third-order valence-electron chi connectivity index (χ3n) is 5.21. The number of ether oxygens (including phenoxy) is 1. The lowest BCUT2D eigenvalue weighted by molar-refractivity contribution is 0.406. The second-order valence-electron chi connectivity index (χ2n) is 7.29. The number of imidazole rings is 1. The van der Waals surface area contributed by atoms with Crippen LogP contribution in [0.4, 0.5) is 10.2 Å². The summed E-state index contributed by atoms with van der Waals surface area (Å²) in [5.41, 5.74) is 2.91. The third-order valence-corrected chi connectivity index (χ3v) is 6.37. The summed E-state index contributed by atoms with van der Waals surface area (Å²) in [6.07, 6.45) is 4.08. The van der Waals surface area contributed by atoms with Gasteiger partial charge in [0.15, 0.2) is 21.3 Å². The smallest absolute Gasteiger partial charge is 0.182 e. The van der Waals surface area contributed by atoms with Crippen LogP contribution in [0.2, 0.25) is 0 Å². The molecule has 32 heavy (non-hydrogen) atoms. The SMILES string of the molecule is COc1c(CCNc2ncnc3nc[nH]c23)c(S(C)(=O)=O)c(F)c(C)c1-c1ccccc1. The van der Waals surface area contributed by atoms with E-state index in [1.165, 1.54) is 19.8 Å². The summed E-state index contributed by atoms with van der Waals surface area (Å²) in [5, 5.41) is 3.15. The standard InChI is InChI=1S/C22H22FN5O3S/c1-13-16(14-7-5-4-6-8-14)19(31-2)15(20(17(13)23)32(3,29)30)9-10-24-21-18-22(26-11-25-18)28-12-27-21/h4-8,11-12H,9-10H2,1-3H3,(H2,24,25,26,27,28). The van der Waals surface area contributed by atoms with Crippen LogP contribution in [0.5, 0.6) is 5.75 Å². The molecule has 0 saturated carbocycles. The van der Waals surface area contributed by atoms with Crippen molar-refractivity contribution >= 4 is 26.8 Å². The van der Waals surface area contributed by atoms with Gasteiger partial charge < -0.3 is 15.0 Å². The molecule has 0 fully saturated rings. The fourth-order valence-electron chi connectivity index (χ4n) is 3.83. The van der Waals surface area contributed by atoms with Crippen LogP contribution in [0, 0.1) is 12.7 Å². The van der Waals surface area contributed by atoms with Crippen LogP contribution in [-0.2, 0) is 16.3 Å². The maximum absolute atomic E-state index is 15.4. The summed E-state index contributed by atoms with van der Waals surface area (Å²) in [6.45, 7) is 1.84. The Kier molecular flexibility index (Phi) is 5.79. The predicted octanol–water partition coefficient (Wildman–Crippen LogP) is 3.53. The molecule has 0 unspecified atom stereocenters. The maximum Gasteiger partial charge on any atom is 0.182 e. The summed E-state index contributed by atoms with van der Waals surface area (Å²) < 4.78 is 46.2. The number of nitrogens with one attached hydrogen (secondary N) is 2. The van der Waals surface area contributed by atoms with Crippen molar-refractivity contribution in [3.63, 3.8) is 0 Å². The van der Waals surface area contributed by atoms with Gasteiger partial charge in [-0.1, -0.05) is 30.3 Å². The molecule has 0 atom stereocenters. The minimum Gasteiger partial charge on any atom is -0.496 e. The van der Waals surface area contributed by atoms with E-state index in [2.05, 4.69) is 25.3 Å². The molecule has 0 aliphatic heterocycles. The highest BCUT2D eigenvalue weighted by Crippen LogP contribution is 2.42. The number of halogens is 1. The van der Waals surface area contributed by atoms with E-state index in [4.69, 9.17) is 4.74 Å². The highest BCUT2D eigenvalue weighted by molar-refractivity contribution is 7.90. The van der Waals surface area contributed by atoms with Crippen LogP contribution >= 0.6 is 0 Å². The summed E-state index contributed by atoms with van der Waals surface area (Å²) >= 11 is 0. The van der Waals surface area contributed by atoms with Crippen LogP contribution in [-0.4, -0.2) is 48.3 Å². The first-order valence-corrected chi connectivity index (χ1v) is 11.7. The Morgan fingerprint density at radius 2 is 1.91 bits per heavy atom. The molecule has 0 aliphatic carbocycles. The summed E-state index contributed by atoms with van der Waals surface area (Å²) in [6, 6.07) is 9.20. The summed E-state index contributed by atoms with van der Waals surface area (Å²) in [5.74, 6) is 0.0927. The van der Waals surface area contributed by atoms with Gasteiger partial charge in [0.1, 0.15) is 28.3 Å². The van der Waals surface area contributed by atoms with E-state index in [0.717, 1.165) is 11.8 Å². The Bertz CT molecular complexity index is 1390. The van der Waals surface area contributed by atoms with Crippen LogP contribution < -0.4 is 10.1 Å². The Morgan fingerprint density at radius 1 is 1.16 bits per heavy atom. The fourth-order valence-corrected chi connectivity index (χ4v) is 4.95. The van der Waals surface area contributed by atoms with Crippen molar-refractivity contribution in [1.29, 1.82) is 0 Å². The summed E-state index contributed by atoms with van der Waals surface area (Å²) in [7, 11) is -2.40. The van der Waals surface area contributed by atoms with Gasteiger partial charge in [-0.05, 0) is 24.5 Å². The molecule has 0 saturated heterocycles. The molecule has 0 radical (unpaired) electrons. The quantitative estimate of drug-likeness (QED) is 0.439. The first-order chi connectivity index (χ1) is 15.3. The number of hydrogen-bond acceptors (Lipinski definition) is 7. The highest BCUT2D eigenvalue weighted by Gasteiger charge is 2.28. The van der Waals surface area contributed by atoms with Gasteiger partial charge in [-0.15, -0.1) is 0 Å². The van der Waals surface area contributed by atoms with Gasteiger partial charge in [-0.25, -0.2) is 27.8 Å². The number of rotatable bonds is 7. The number of nitrogens with zero attached hydrogens (tertiary/aromatic N) is 3. The first-order valence-electron chi connectivity index (χ1n) is 9.85. The zero-order valence-electron chi connectivity index (χ0n) is 17.8. The second-order valence-corrected chi connectivity index (χ2v) is 9.25. The number of H-pyrrole nitrogens is 1. The van der Waals surface area contributed by atoms with Crippen molar-refractivity contribution in [1.82, 2.24) is 19.9 Å². The van der Waals surface area contributed by atoms with Crippen LogP contribution in [0.3, 0.4) is 0 Å². The largest absolute Gasteiger partial charge is 0.496 e. The van der Waals surface area contributed by atoms with Gasteiger partial charge in [0.25, 0.3) is 0 Å². The van der Waals surface area contributed by atoms with Crippen LogP contribution in [0.15, 0.2) is 47.9 Å². The van der Waals surface area contributed by atoms with E-state index in [0.29, 0.717) is 28.3 Å². The van der Waals surface area contributed by atoms with Gasteiger partial charge in [-0.3, -0.25) is 0 Å². The van der Waals surface area contributed by atoms with Gasteiger partial charge in [0, 0.05) is 23.9 Å². The Labute approximate surface area is 184 Å². The van der Waals surface area contributed by atoms with E-state index in [1.54, 1.807) is 6.92 Å². The third kappa shape index (κ3) is 3.89. The zero-order chi connectivity index (χ0) is 22.9. The molecular formula is C22H22FN5O3S. The monoisotopic (exact) mass is 455 g/mol. The Hall–Kier alpha value is -3.53. The van der Waals surface area contributed by atoms with Crippen molar-refractivity contribution in [3.8, 4) is 16.9 Å². The number of anilines is 1. The Balaban J connectivity index is 1.80. The average Bonchev–Trinajstić information content (AvgIpc) is 3.25. The number of hydrogen-bond donors (Lipinski definition) is 2. The second kappa shape index (κ2) is 8.54. The van der Waals surface area contributed by atoms with Crippen molar-refractivity contribution in [2.24, 2.45) is 0 Å². The molecule has 0 aliphatic rings. The number of aromatic nitrogens is 4. The topological polar surface area (TPSA) is 110 Å². The molecule has 0 amide bonds. The molecule has 10 heteroatoms. The van der Waals surface area contributed by atoms with E-state index in [-0.39, 0.29) is 29.0 Å². The van der Waals surface area contributed by atoms with Crippen molar-refractivity contribution in [2.75, 3.05) is 25.2 Å². The molecule has 166 valence electrons. The lowest BCUT2D eigenvalue weighted by Gasteiger charge is -2.21. The number of fused-ring (bicyclic) bond motifs is 1. The van der Waals surface area contributed by atoms with Gasteiger partial charge in [-0.2, -0.15) is 0 Å². The van der Waals surface area contributed by atoms with Gasteiger partial charge >= 0.3 is 0 Å². The highest BCUT2D eigenvalue weighted by atomic mass is 32.2. The molecule has 0 bridgehead atoms. The average molecular weight is 456 g/mol. The van der Waals surface area contributed by atoms with E-state index >= 15 is 4.39 Å². The molecule has 0 spiro atoms.